The zero-order valence-corrected chi connectivity index (χ0v) is 19.9. The number of benzene rings is 2. The lowest BCUT2D eigenvalue weighted by Crippen LogP contribution is -2.31. The van der Waals surface area contributed by atoms with Crippen molar-refractivity contribution >= 4 is 0 Å². The molecule has 0 fully saturated rings. The Labute approximate surface area is 198 Å². The first kappa shape index (κ1) is 23.5. The van der Waals surface area contributed by atoms with Crippen LogP contribution < -0.4 is 0 Å². The van der Waals surface area contributed by atoms with Crippen LogP contribution in [0, 0.1) is 0 Å². The van der Waals surface area contributed by atoms with Crippen molar-refractivity contribution in [3.8, 4) is 22.5 Å². The summed E-state index contributed by atoms with van der Waals surface area (Å²) in [5, 5.41) is 19.1. The molecule has 4 rings (SSSR count). The fraction of sp³-hybridized carbons (Fsp3) is 0.320. The van der Waals surface area contributed by atoms with E-state index in [0.717, 1.165) is 28.1 Å². The van der Waals surface area contributed by atoms with Crippen molar-refractivity contribution in [3.63, 3.8) is 0 Å². The zero-order valence-electron chi connectivity index (χ0n) is 19.9. The van der Waals surface area contributed by atoms with E-state index in [4.69, 9.17) is 19.6 Å². The Morgan fingerprint density at radius 2 is 1.76 bits per heavy atom. The molecule has 0 atom stereocenters. The molecule has 0 aliphatic rings. The molecular weight excluding hydrogens is 430 g/mol. The number of nitrogens with zero attached hydrogens (tertiary/aromatic N) is 6. The molecule has 0 amide bonds. The van der Waals surface area contributed by atoms with Gasteiger partial charge in [0.05, 0.1) is 6.54 Å². The van der Waals surface area contributed by atoms with Crippen molar-refractivity contribution in [2.45, 2.75) is 39.0 Å². The highest BCUT2D eigenvalue weighted by molar-refractivity contribution is 5.80. The summed E-state index contributed by atoms with van der Waals surface area (Å²) in [7, 11) is 3.23. The van der Waals surface area contributed by atoms with Crippen LogP contribution in [0.5, 0.6) is 0 Å². The Balaban J connectivity index is 1.63. The van der Waals surface area contributed by atoms with Crippen molar-refractivity contribution in [1.29, 1.82) is 0 Å². The molecule has 34 heavy (non-hydrogen) atoms. The lowest BCUT2D eigenvalue weighted by Gasteiger charge is -2.26. The topological polar surface area (TPSA) is 104 Å². The second-order valence-corrected chi connectivity index (χ2v) is 7.79. The molecule has 1 N–H and O–H groups in total. The average molecular weight is 460 g/mol. The van der Waals surface area contributed by atoms with E-state index in [1.807, 2.05) is 42.8 Å². The van der Waals surface area contributed by atoms with Gasteiger partial charge in [-0.15, -0.1) is 10.2 Å². The number of tetrazole rings is 1. The average Bonchev–Trinajstić information content (AvgIpc) is 3.56. The van der Waals surface area contributed by atoms with Gasteiger partial charge >= 0.3 is 0 Å². The van der Waals surface area contributed by atoms with Gasteiger partial charge in [0.25, 0.3) is 0 Å². The van der Waals surface area contributed by atoms with Gasteiger partial charge in [0.15, 0.2) is 5.82 Å². The Hall–Kier alpha value is -3.69. The smallest absolute Gasteiger partial charge is 0.231 e. The van der Waals surface area contributed by atoms with Crippen molar-refractivity contribution < 1.29 is 9.47 Å². The van der Waals surface area contributed by atoms with Crippen LogP contribution in [0.3, 0.4) is 0 Å². The summed E-state index contributed by atoms with van der Waals surface area (Å²) in [4.78, 5) is 4.76. The number of aromatic nitrogens is 7. The molecule has 0 aliphatic carbocycles. The summed E-state index contributed by atoms with van der Waals surface area (Å²) in [5.41, 5.74) is 4.19. The minimum absolute atomic E-state index is 0.533. The Morgan fingerprint density at radius 3 is 2.38 bits per heavy atom. The number of hydrogen-bond acceptors (Lipinski definition) is 7. The zero-order chi connectivity index (χ0) is 24.0. The van der Waals surface area contributed by atoms with Crippen molar-refractivity contribution in [3.05, 3.63) is 77.9 Å². The number of allylic oxidation sites excluding steroid dienone is 2. The highest BCUT2D eigenvalue weighted by atomic mass is 16.7. The molecule has 9 heteroatoms. The van der Waals surface area contributed by atoms with Gasteiger partial charge in [0.1, 0.15) is 5.82 Å². The molecule has 0 unspecified atom stereocenters. The van der Waals surface area contributed by atoms with E-state index in [1.165, 1.54) is 0 Å². The third-order valence-corrected chi connectivity index (χ3v) is 5.87. The Kier molecular flexibility index (Phi) is 7.24. The fourth-order valence-electron chi connectivity index (χ4n) is 3.93. The number of methoxy groups -OCH3 is 2. The standard InChI is InChI=1S/C25H29N7O2/c1-5-7-12-22-26-24(25(6-2,33-3)34-4)29-32(22)17-18-13-15-19(16-14-18)20-10-8-9-11-21(20)23-27-30-31-28-23/h5,7-11,13-16H,6,12,17H2,1-4H3,(H,27,28,30,31). The second-order valence-electron chi connectivity index (χ2n) is 7.79. The molecule has 0 saturated carbocycles. The Bertz CT molecular complexity index is 1220. The molecule has 0 bridgehead atoms. The van der Waals surface area contributed by atoms with Gasteiger partial charge in [0.2, 0.25) is 11.6 Å². The van der Waals surface area contributed by atoms with Gasteiger partial charge in [-0.3, -0.25) is 0 Å². The summed E-state index contributed by atoms with van der Waals surface area (Å²) in [6.45, 7) is 4.57. The molecule has 0 spiro atoms. The van der Waals surface area contributed by atoms with Gasteiger partial charge < -0.3 is 9.47 Å². The number of H-pyrrole nitrogens is 1. The first-order chi connectivity index (χ1) is 16.6. The van der Waals surface area contributed by atoms with E-state index >= 15 is 0 Å². The largest absolute Gasteiger partial charge is 0.347 e. The van der Waals surface area contributed by atoms with E-state index in [9.17, 15) is 0 Å². The van der Waals surface area contributed by atoms with Crippen LogP contribution >= 0.6 is 0 Å². The molecule has 2 heterocycles. The van der Waals surface area contributed by atoms with Crippen LogP contribution in [0.2, 0.25) is 0 Å². The minimum atomic E-state index is -0.959. The van der Waals surface area contributed by atoms with E-state index < -0.39 is 5.79 Å². The molecule has 0 saturated heterocycles. The van der Waals surface area contributed by atoms with Crippen molar-refractivity contribution in [2.75, 3.05) is 14.2 Å². The summed E-state index contributed by atoms with van der Waals surface area (Å²) in [5.74, 6) is 1.07. The third-order valence-electron chi connectivity index (χ3n) is 5.87. The van der Waals surface area contributed by atoms with E-state index in [-0.39, 0.29) is 0 Å². The first-order valence-electron chi connectivity index (χ1n) is 11.2. The van der Waals surface area contributed by atoms with E-state index in [0.29, 0.717) is 31.0 Å². The molecule has 176 valence electrons. The Morgan fingerprint density at radius 1 is 1.03 bits per heavy atom. The van der Waals surface area contributed by atoms with Crippen molar-refractivity contribution in [2.24, 2.45) is 0 Å². The normalized spacial score (nSPS) is 12.0. The lowest BCUT2D eigenvalue weighted by atomic mass is 9.98. The molecule has 9 nitrogen and oxygen atoms in total. The maximum atomic E-state index is 5.66. The van der Waals surface area contributed by atoms with Crippen LogP contribution in [0.25, 0.3) is 22.5 Å². The van der Waals surface area contributed by atoms with E-state index in [2.05, 4.69) is 57.0 Å². The monoisotopic (exact) mass is 459 g/mol. The number of nitrogens with one attached hydrogen (secondary N) is 1. The first-order valence-corrected chi connectivity index (χ1v) is 11.2. The number of rotatable bonds is 10. The lowest BCUT2D eigenvalue weighted by molar-refractivity contribution is -0.222. The van der Waals surface area contributed by atoms with Gasteiger partial charge in [0, 0.05) is 32.6 Å². The van der Waals surface area contributed by atoms with Gasteiger partial charge in [-0.2, -0.15) is 0 Å². The quantitative estimate of drug-likeness (QED) is 0.281. The van der Waals surface area contributed by atoms with Gasteiger partial charge in [-0.05, 0) is 34.0 Å². The van der Waals surface area contributed by atoms with Crippen LogP contribution in [-0.2, 0) is 28.2 Å². The minimum Gasteiger partial charge on any atom is -0.347 e. The molecule has 4 aromatic rings. The highest BCUT2D eigenvalue weighted by Crippen LogP contribution is 2.30. The predicted octanol–water partition coefficient (Wildman–Crippen LogP) is 4.15. The summed E-state index contributed by atoms with van der Waals surface area (Å²) in [6.07, 6.45) is 5.35. The molecule has 0 radical (unpaired) electrons. The maximum absolute atomic E-state index is 5.66. The molecule has 2 aromatic heterocycles. The summed E-state index contributed by atoms with van der Waals surface area (Å²) < 4.78 is 13.2. The number of ether oxygens (including phenoxy) is 2. The number of hydrogen-bond donors (Lipinski definition) is 1. The summed E-state index contributed by atoms with van der Waals surface area (Å²) >= 11 is 0. The highest BCUT2D eigenvalue weighted by Gasteiger charge is 2.35. The SMILES string of the molecule is CC=CCc1nc(C(CC)(OC)OC)nn1Cc1ccc(-c2ccccc2-c2nnn[nH]2)cc1. The van der Waals surface area contributed by atoms with E-state index in [1.54, 1.807) is 14.2 Å². The molecular formula is C25H29N7O2. The van der Waals surface area contributed by atoms with Crippen LogP contribution in [0.4, 0.5) is 0 Å². The third kappa shape index (κ3) is 4.66. The second kappa shape index (κ2) is 10.5. The van der Waals surface area contributed by atoms with Crippen LogP contribution in [0.15, 0.2) is 60.7 Å². The van der Waals surface area contributed by atoms with Crippen LogP contribution in [-0.4, -0.2) is 49.6 Å². The molecule has 2 aromatic carbocycles. The maximum Gasteiger partial charge on any atom is 0.231 e. The van der Waals surface area contributed by atoms with Crippen LogP contribution in [0.1, 0.15) is 37.5 Å². The predicted molar refractivity (Wildman–Crippen MR) is 129 cm³/mol. The molecule has 0 aliphatic heterocycles. The van der Waals surface area contributed by atoms with Crippen molar-refractivity contribution in [1.82, 2.24) is 35.4 Å². The fourth-order valence-corrected chi connectivity index (χ4v) is 3.93. The van der Waals surface area contributed by atoms with Gasteiger partial charge in [-0.1, -0.05) is 67.6 Å². The summed E-state index contributed by atoms with van der Waals surface area (Å²) in [6, 6.07) is 16.4. The number of aromatic amines is 1. The van der Waals surface area contributed by atoms with Gasteiger partial charge in [-0.25, -0.2) is 14.8 Å².